The number of thiazole rings is 1. The van der Waals surface area contributed by atoms with E-state index in [1.54, 1.807) is 18.5 Å². The Hall–Kier alpha value is -2.84. The topological polar surface area (TPSA) is 83.0 Å². The van der Waals surface area contributed by atoms with Crippen molar-refractivity contribution < 1.29 is 4.79 Å². The highest BCUT2D eigenvalue weighted by molar-refractivity contribution is 7.13. The number of aromatic nitrogens is 3. The van der Waals surface area contributed by atoms with E-state index in [0.717, 1.165) is 35.9 Å². The van der Waals surface area contributed by atoms with E-state index in [2.05, 4.69) is 30.5 Å². The fourth-order valence-electron chi connectivity index (χ4n) is 3.03. The van der Waals surface area contributed by atoms with Gasteiger partial charge in [-0.15, -0.1) is 11.3 Å². The molecule has 1 aliphatic heterocycles. The lowest BCUT2D eigenvalue weighted by molar-refractivity contribution is 0.262. The molecule has 2 amide bonds. The first-order chi connectivity index (χ1) is 13.3. The minimum Gasteiger partial charge on any atom is -0.298 e. The van der Waals surface area contributed by atoms with Gasteiger partial charge in [-0.1, -0.05) is 6.07 Å². The predicted molar refractivity (Wildman–Crippen MR) is 107 cm³/mol. The summed E-state index contributed by atoms with van der Waals surface area (Å²) >= 11 is 1.47. The molecule has 0 aromatic carbocycles. The first kappa shape index (κ1) is 17.6. The molecule has 0 unspecified atom stereocenters. The van der Waals surface area contributed by atoms with Gasteiger partial charge in [-0.05, 0) is 50.2 Å². The minimum absolute atomic E-state index is 0.354. The summed E-state index contributed by atoms with van der Waals surface area (Å²) in [5, 5.41) is 8.18. The molecule has 0 atom stereocenters. The van der Waals surface area contributed by atoms with Gasteiger partial charge in [0.15, 0.2) is 0 Å². The van der Waals surface area contributed by atoms with Crippen molar-refractivity contribution in [2.45, 2.75) is 19.4 Å². The standard InChI is InChI=1S/C19H20N6OS/c26-19(24-17-13-27-18(22-17)14-6-8-20-9-7-14)23-16-5-3-4-15(21-16)12-25-10-1-2-11-25/h3-9,13H,1-2,10-12H2,(H2,21,23,24,26). The smallest absolute Gasteiger partial charge is 0.298 e. The van der Waals surface area contributed by atoms with Crippen LogP contribution in [0.4, 0.5) is 16.4 Å². The predicted octanol–water partition coefficient (Wildman–Crippen LogP) is 3.84. The van der Waals surface area contributed by atoms with Crippen molar-refractivity contribution in [1.82, 2.24) is 19.9 Å². The second-order valence-corrected chi connectivity index (χ2v) is 7.21. The molecule has 0 saturated carbocycles. The minimum atomic E-state index is -0.354. The number of likely N-dealkylation sites (tertiary alicyclic amines) is 1. The van der Waals surface area contributed by atoms with E-state index < -0.39 is 0 Å². The van der Waals surface area contributed by atoms with Crippen LogP contribution in [0.15, 0.2) is 48.1 Å². The first-order valence-corrected chi connectivity index (χ1v) is 9.76. The van der Waals surface area contributed by atoms with Gasteiger partial charge in [-0.25, -0.2) is 14.8 Å². The largest absolute Gasteiger partial charge is 0.326 e. The molecule has 3 aromatic rings. The van der Waals surface area contributed by atoms with Crippen molar-refractivity contribution >= 4 is 29.0 Å². The number of carbonyl (C=O) groups excluding carboxylic acids is 1. The normalized spacial score (nSPS) is 14.2. The number of pyridine rings is 2. The number of nitrogens with one attached hydrogen (secondary N) is 2. The second-order valence-electron chi connectivity index (χ2n) is 6.35. The Morgan fingerprint density at radius 3 is 2.63 bits per heavy atom. The Kier molecular flexibility index (Phi) is 5.36. The lowest BCUT2D eigenvalue weighted by Crippen LogP contribution is -2.22. The molecule has 138 valence electrons. The molecule has 8 heteroatoms. The lowest BCUT2D eigenvalue weighted by Gasteiger charge is -2.14. The van der Waals surface area contributed by atoms with E-state index in [4.69, 9.17) is 0 Å². The molecule has 3 aromatic heterocycles. The molecule has 1 saturated heterocycles. The molecule has 7 nitrogen and oxygen atoms in total. The number of hydrogen-bond acceptors (Lipinski definition) is 6. The zero-order valence-electron chi connectivity index (χ0n) is 14.8. The Balaban J connectivity index is 1.36. The Labute approximate surface area is 161 Å². The van der Waals surface area contributed by atoms with Crippen LogP contribution in [-0.4, -0.2) is 39.0 Å². The van der Waals surface area contributed by atoms with E-state index in [1.165, 1.54) is 24.2 Å². The molecule has 27 heavy (non-hydrogen) atoms. The Morgan fingerprint density at radius 2 is 1.81 bits per heavy atom. The summed E-state index contributed by atoms with van der Waals surface area (Å²) in [4.78, 5) is 27.6. The van der Waals surface area contributed by atoms with Gasteiger partial charge >= 0.3 is 6.03 Å². The summed E-state index contributed by atoms with van der Waals surface area (Å²) in [5.74, 6) is 1.05. The highest BCUT2D eigenvalue weighted by atomic mass is 32.1. The molecule has 2 N–H and O–H groups in total. The van der Waals surface area contributed by atoms with Gasteiger partial charge in [-0.2, -0.15) is 0 Å². The van der Waals surface area contributed by atoms with Crippen LogP contribution < -0.4 is 10.6 Å². The number of amides is 2. The third-order valence-corrected chi connectivity index (χ3v) is 5.20. The van der Waals surface area contributed by atoms with Crippen molar-refractivity contribution in [3.05, 3.63) is 53.8 Å². The van der Waals surface area contributed by atoms with Crippen LogP contribution in [0, 0.1) is 0 Å². The Morgan fingerprint density at radius 1 is 1.04 bits per heavy atom. The fourth-order valence-corrected chi connectivity index (χ4v) is 3.79. The third-order valence-electron chi connectivity index (χ3n) is 4.31. The number of rotatable bonds is 5. The van der Waals surface area contributed by atoms with Crippen LogP contribution in [0.5, 0.6) is 0 Å². The lowest BCUT2D eigenvalue weighted by atomic mass is 10.3. The quantitative estimate of drug-likeness (QED) is 0.703. The van der Waals surface area contributed by atoms with Crippen LogP contribution in [0.25, 0.3) is 10.6 Å². The van der Waals surface area contributed by atoms with Crippen LogP contribution in [0.2, 0.25) is 0 Å². The molecule has 0 bridgehead atoms. The Bertz CT molecular complexity index is 907. The average Bonchev–Trinajstić information content (AvgIpc) is 3.35. The summed E-state index contributed by atoms with van der Waals surface area (Å²) < 4.78 is 0. The van der Waals surface area contributed by atoms with Crippen LogP contribution in [0.1, 0.15) is 18.5 Å². The maximum absolute atomic E-state index is 12.3. The summed E-state index contributed by atoms with van der Waals surface area (Å²) in [6.45, 7) is 3.05. The van der Waals surface area contributed by atoms with Gasteiger partial charge in [0.25, 0.3) is 0 Å². The molecular formula is C19H20N6OS. The van der Waals surface area contributed by atoms with E-state index in [9.17, 15) is 4.79 Å². The SMILES string of the molecule is O=C(Nc1cccc(CN2CCCC2)n1)Nc1csc(-c2ccncc2)n1. The zero-order valence-corrected chi connectivity index (χ0v) is 15.6. The molecule has 0 aliphatic carbocycles. The van der Waals surface area contributed by atoms with E-state index in [-0.39, 0.29) is 6.03 Å². The molecule has 4 rings (SSSR count). The maximum atomic E-state index is 12.3. The second kappa shape index (κ2) is 8.24. The molecule has 1 fully saturated rings. The number of urea groups is 1. The number of hydrogen-bond donors (Lipinski definition) is 2. The van der Waals surface area contributed by atoms with E-state index in [0.29, 0.717) is 11.6 Å². The summed E-state index contributed by atoms with van der Waals surface area (Å²) in [5.41, 5.74) is 1.93. The summed E-state index contributed by atoms with van der Waals surface area (Å²) in [6, 6.07) is 9.11. The number of carbonyl (C=O) groups is 1. The molecule has 4 heterocycles. The van der Waals surface area contributed by atoms with Gasteiger partial charge in [0.1, 0.15) is 16.6 Å². The van der Waals surface area contributed by atoms with Crippen molar-refractivity contribution in [3.63, 3.8) is 0 Å². The fraction of sp³-hybridized carbons (Fsp3) is 0.263. The number of nitrogens with zero attached hydrogens (tertiary/aromatic N) is 4. The highest BCUT2D eigenvalue weighted by Crippen LogP contribution is 2.25. The van der Waals surface area contributed by atoms with Crippen LogP contribution in [-0.2, 0) is 6.54 Å². The van der Waals surface area contributed by atoms with E-state index >= 15 is 0 Å². The zero-order chi connectivity index (χ0) is 18.5. The monoisotopic (exact) mass is 380 g/mol. The van der Waals surface area contributed by atoms with Crippen LogP contribution in [0.3, 0.4) is 0 Å². The van der Waals surface area contributed by atoms with Gasteiger partial charge in [0, 0.05) is 29.9 Å². The molecular weight excluding hydrogens is 360 g/mol. The van der Waals surface area contributed by atoms with Gasteiger partial charge in [0.2, 0.25) is 0 Å². The molecule has 0 radical (unpaired) electrons. The van der Waals surface area contributed by atoms with Crippen molar-refractivity contribution in [3.8, 4) is 10.6 Å². The molecule has 1 aliphatic rings. The number of anilines is 2. The third kappa shape index (κ3) is 4.66. The van der Waals surface area contributed by atoms with E-state index in [1.807, 2.05) is 29.6 Å². The van der Waals surface area contributed by atoms with Gasteiger partial charge in [0.05, 0.1) is 5.69 Å². The first-order valence-electron chi connectivity index (χ1n) is 8.88. The average molecular weight is 380 g/mol. The summed E-state index contributed by atoms with van der Waals surface area (Å²) in [7, 11) is 0. The molecule has 0 spiro atoms. The van der Waals surface area contributed by atoms with Crippen molar-refractivity contribution in [1.29, 1.82) is 0 Å². The van der Waals surface area contributed by atoms with Crippen molar-refractivity contribution in [2.24, 2.45) is 0 Å². The highest BCUT2D eigenvalue weighted by Gasteiger charge is 2.13. The maximum Gasteiger partial charge on any atom is 0.326 e. The summed E-state index contributed by atoms with van der Waals surface area (Å²) in [6.07, 6.45) is 5.93. The van der Waals surface area contributed by atoms with Gasteiger partial charge < -0.3 is 0 Å². The van der Waals surface area contributed by atoms with Crippen LogP contribution >= 0.6 is 11.3 Å². The van der Waals surface area contributed by atoms with Crippen molar-refractivity contribution in [2.75, 3.05) is 23.7 Å². The van der Waals surface area contributed by atoms with Gasteiger partial charge in [-0.3, -0.25) is 20.5 Å².